The molecule has 0 atom stereocenters. The molecule has 0 saturated carbocycles. The summed E-state index contributed by atoms with van der Waals surface area (Å²) in [7, 11) is 0. The molecule has 4 heteroatoms. The number of hydrogen-bond donors (Lipinski definition) is 0. The highest BCUT2D eigenvalue weighted by atomic mass is 16.5. The largest absolute Gasteiger partial charge is 0.462 e. The summed E-state index contributed by atoms with van der Waals surface area (Å²) in [5, 5.41) is 0. The van der Waals surface area contributed by atoms with Crippen molar-refractivity contribution in [2.45, 2.75) is 13.8 Å². The topological polar surface area (TPSA) is 52.6 Å². The van der Waals surface area contributed by atoms with Gasteiger partial charge in [0, 0.05) is 6.92 Å². The van der Waals surface area contributed by atoms with Gasteiger partial charge in [-0.2, -0.15) is 0 Å². The van der Waals surface area contributed by atoms with E-state index in [0.717, 1.165) is 0 Å². The maximum Gasteiger partial charge on any atom is 0.338 e. The molecule has 0 aromatic heterocycles. The second kappa shape index (κ2) is 5.14. The Balaban J connectivity index is 2.71. The molecule has 1 aromatic rings. The van der Waals surface area contributed by atoms with Gasteiger partial charge in [0.2, 0.25) is 0 Å². The van der Waals surface area contributed by atoms with Crippen LogP contribution >= 0.6 is 0 Å². The summed E-state index contributed by atoms with van der Waals surface area (Å²) in [5.41, 5.74) is 0.438. The lowest BCUT2D eigenvalue weighted by Crippen LogP contribution is -2.05. The van der Waals surface area contributed by atoms with Crippen molar-refractivity contribution in [3.8, 4) is 5.75 Å². The van der Waals surface area contributed by atoms with Gasteiger partial charge in [0.15, 0.2) is 0 Å². The molecule has 0 saturated heterocycles. The smallest absolute Gasteiger partial charge is 0.338 e. The van der Waals surface area contributed by atoms with E-state index in [1.807, 2.05) is 0 Å². The lowest BCUT2D eigenvalue weighted by molar-refractivity contribution is -0.131. The van der Waals surface area contributed by atoms with Gasteiger partial charge >= 0.3 is 11.9 Å². The van der Waals surface area contributed by atoms with Crippen LogP contribution in [0.4, 0.5) is 0 Å². The normalized spacial score (nSPS) is 9.47. The Bertz CT molecular complexity index is 353. The summed E-state index contributed by atoms with van der Waals surface area (Å²) in [6.45, 7) is 3.40. The van der Waals surface area contributed by atoms with E-state index in [4.69, 9.17) is 9.47 Å². The van der Waals surface area contributed by atoms with Crippen molar-refractivity contribution in [1.82, 2.24) is 0 Å². The molecule has 0 unspecified atom stereocenters. The maximum absolute atomic E-state index is 11.2. The first-order valence-corrected chi connectivity index (χ1v) is 4.59. The molecule has 0 radical (unpaired) electrons. The predicted octanol–water partition coefficient (Wildman–Crippen LogP) is 1.79. The summed E-state index contributed by atoms with van der Waals surface area (Å²) in [6.07, 6.45) is 0. The third-order valence-corrected chi connectivity index (χ3v) is 1.63. The van der Waals surface area contributed by atoms with Gasteiger partial charge in [-0.15, -0.1) is 0 Å². The molecule has 0 fully saturated rings. The van der Waals surface area contributed by atoms with Crippen LogP contribution in [0.2, 0.25) is 0 Å². The molecule has 0 amide bonds. The SMILES string of the molecule is CCOC(=O)c1ccc(OC(C)=O)cc1. The summed E-state index contributed by atoms with van der Waals surface area (Å²) < 4.78 is 9.62. The van der Waals surface area contributed by atoms with Gasteiger partial charge < -0.3 is 9.47 Å². The number of rotatable bonds is 3. The molecule has 15 heavy (non-hydrogen) atoms. The van der Waals surface area contributed by atoms with Gasteiger partial charge in [-0.3, -0.25) is 4.79 Å². The second-order valence-electron chi connectivity index (χ2n) is 2.84. The number of esters is 2. The van der Waals surface area contributed by atoms with Crippen molar-refractivity contribution < 1.29 is 19.1 Å². The van der Waals surface area contributed by atoms with Crippen molar-refractivity contribution in [3.05, 3.63) is 29.8 Å². The van der Waals surface area contributed by atoms with Crippen LogP contribution in [0.3, 0.4) is 0 Å². The Morgan fingerprint density at radius 2 is 1.80 bits per heavy atom. The summed E-state index contributed by atoms with van der Waals surface area (Å²) in [6, 6.07) is 6.20. The lowest BCUT2D eigenvalue weighted by Gasteiger charge is -2.03. The zero-order valence-corrected chi connectivity index (χ0v) is 8.65. The van der Waals surface area contributed by atoms with Gasteiger partial charge in [-0.05, 0) is 31.2 Å². The van der Waals surface area contributed by atoms with Gasteiger partial charge in [0.05, 0.1) is 12.2 Å². The van der Waals surface area contributed by atoms with E-state index in [2.05, 4.69) is 0 Å². The fourth-order valence-corrected chi connectivity index (χ4v) is 1.04. The van der Waals surface area contributed by atoms with Gasteiger partial charge in [0.25, 0.3) is 0 Å². The molecular weight excluding hydrogens is 196 g/mol. The number of benzene rings is 1. The summed E-state index contributed by atoms with van der Waals surface area (Å²) >= 11 is 0. The molecule has 80 valence electrons. The first-order chi connectivity index (χ1) is 7.13. The maximum atomic E-state index is 11.2. The molecule has 1 aromatic carbocycles. The van der Waals surface area contributed by atoms with Crippen molar-refractivity contribution >= 4 is 11.9 Å². The molecule has 0 heterocycles. The van der Waals surface area contributed by atoms with Gasteiger partial charge in [0.1, 0.15) is 5.75 Å². The Hall–Kier alpha value is -1.84. The minimum absolute atomic E-state index is 0.338. The standard InChI is InChI=1S/C11H12O4/c1-3-14-11(13)9-4-6-10(7-5-9)15-8(2)12/h4-7H,3H2,1-2H3. The number of carbonyl (C=O) groups is 2. The van der Waals surface area contributed by atoms with E-state index < -0.39 is 0 Å². The van der Waals surface area contributed by atoms with E-state index in [9.17, 15) is 9.59 Å². The summed E-state index contributed by atoms with van der Waals surface area (Å²) in [5.74, 6) is -0.360. The molecule has 0 aliphatic rings. The van der Waals surface area contributed by atoms with Crippen molar-refractivity contribution in [2.24, 2.45) is 0 Å². The van der Waals surface area contributed by atoms with Crippen molar-refractivity contribution in [2.75, 3.05) is 6.61 Å². The zero-order chi connectivity index (χ0) is 11.3. The third kappa shape index (κ3) is 3.42. The molecule has 4 nitrogen and oxygen atoms in total. The minimum Gasteiger partial charge on any atom is -0.462 e. The van der Waals surface area contributed by atoms with Gasteiger partial charge in [-0.25, -0.2) is 4.79 Å². The average Bonchev–Trinajstić information content (AvgIpc) is 2.18. The number of hydrogen-bond acceptors (Lipinski definition) is 4. The molecule has 0 bridgehead atoms. The van der Waals surface area contributed by atoms with Crippen LogP contribution in [0, 0.1) is 0 Å². The van der Waals surface area contributed by atoms with E-state index in [1.54, 1.807) is 31.2 Å². The number of carbonyl (C=O) groups excluding carboxylic acids is 2. The van der Waals surface area contributed by atoms with Crippen LogP contribution in [0.25, 0.3) is 0 Å². The van der Waals surface area contributed by atoms with E-state index >= 15 is 0 Å². The van der Waals surface area contributed by atoms with Crippen molar-refractivity contribution in [3.63, 3.8) is 0 Å². The first-order valence-electron chi connectivity index (χ1n) is 4.59. The molecular formula is C11H12O4. The zero-order valence-electron chi connectivity index (χ0n) is 8.65. The fraction of sp³-hybridized carbons (Fsp3) is 0.273. The Kier molecular flexibility index (Phi) is 3.85. The van der Waals surface area contributed by atoms with E-state index in [-0.39, 0.29) is 11.9 Å². The first kappa shape index (κ1) is 11.2. The van der Waals surface area contributed by atoms with Crippen LogP contribution < -0.4 is 4.74 Å². The lowest BCUT2D eigenvalue weighted by atomic mass is 10.2. The molecule has 0 aliphatic carbocycles. The minimum atomic E-state index is -0.390. The Morgan fingerprint density at radius 1 is 1.20 bits per heavy atom. The van der Waals surface area contributed by atoms with Crippen LogP contribution in [-0.4, -0.2) is 18.5 Å². The van der Waals surface area contributed by atoms with Crippen LogP contribution in [0.5, 0.6) is 5.75 Å². The van der Waals surface area contributed by atoms with E-state index in [0.29, 0.717) is 17.9 Å². The Morgan fingerprint density at radius 3 is 2.27 bits per heavy atom. The Labute approximate surface area is 87.8 Å². The third-order valence-electron chi connectivity index (χ3n) is 1.63. The number of ether oxygens (including phenoxy) is 2. The van der Waals surface area contributed by atoms with Crippen LogP contribution in [-0.2, 0) is 9.53 Å². The average molecular weight is 208 g/mol. The van der Waals surface area contributed by atoms with E-state index in [1.165, 1.54) is 6.92 Å². The fourth-order valence-electron chi connectivity index (χ4n) is 1.04. The monoisotopic (exact) mass is 208 g/mol. The highest BCUT2D eigenvalue weighted by molar-refractivity contribution is 5.89. The highest BCUT2D eigenvalue weighted by Crippen LogP contribution is 2.12. The second-order valence-corrected chi connectivity index (χ2v) is 2.84. The highest BCUT2D eigenvalue weighted by Gasteiger charge is 2.06. The molecule has 0 spiro atoms. The van der Waals surface area contributed by atoms with Crippen LogP contribution in [0.1, 0.15) is 24.2 Å². The predicted molar refractivity (Wildman–Crippen MR) is 53.7 cm³/mol. The summed E-state index contributed by atoms with van der Waals surface area (Å²) in [4.78, 5) is 21.9. The van der Waals surface area contributed by atoms with Crippen molar-refractivity contribution in [1.29, 1.82) is 0 Å². The molecule has 0 N–H and O–H groups in total. The molecule has 0 aliphatic heterocycles. The molecule has 1 rings (SSSR count). The van der Waals surface area contributed by atoms with Gasteiger partial charge in [-0.1, -0.05) is 0 Å². The van der Waals surface area contributed by atoms with Crippen LogP contribution in [0.15, 0.2) is 24.3 Å². The quantitative estimate of drug-likeness (QED) is 0.561.